The summed E-state index contributed by atoms with van der Waals surface area (Å²) in [7, 11) is 0. The Morgan fingerprint density at radius 1 is 1.19 bits per heavy atom. The lowest BCUT2D eigenvalue weighted by molar-refractivity contribution is -0.157. The standard InChI is InChI=1S/C15H28INO4/c1-10(9-16)8-11(12(18)20-14(2,3)4)17-13(19)21-15(5,6)7/h10-11H,8-9H2,1-7H3,(H,17,19)/t10-,11-/m1/s1/i1+1,8D,9D2,10D/t8-,10-,11-. The quantitative estimate of drug-likeness (QED) is 0.320. The van der Waals surface area contributed by atoms with E-state index in [9.17, 15) is 9.59 Å². The fourth-order valence-electron chi connectivity index (χ4n) is 1.25. The van der Waals surface area contributed by atoms with E-state index in [4.69, 9.17) is 15.0 Å². The molecule has 124 valence electrons. The van der Waals surface area contributed by atoms with Gasteiger partial charge in [-0.1, -0.05) is 29.5 Å². The zero-order valence-corrected chi connectivity index (χ0v) is 15.8. The van der Waals surface area contributed by atoms with Crippen molar-refractivity contribution >= 4 is 34.7 Å². The van der Waals surface area contributed by atoms with Gasteiger partial charge in [0.1, 0.15) is 17.2 Å². The summed E-state index contributed by atoms with van der Waals surface area (Å²) in [5.41, 5.74) is -1.69. The van der Waals surface area contributed by atoms with Gasteiger partial charge in [-0.15, -0.1) is 0 Å². The number of hydrogen-bond donors (Lipinski definition) is 1. The number of ether oxygens (including phenoxy) is 2. The summed E-state index contributed by atoms with van der Waals surface area (Å²) in [6, 6.07) is -1.55. The summed E-state index contributed by atoms with van der Waals surface area (Å²) in [6.07, 6.45) is -2.56. The van der Waals surface area contributed by atoms with E-state index in [0.29, 0.717) is 0 Å². The first-order chi connectivity index (χ1) is 10.8. The highest BCUT2D eigenvalue weighted by atomic mass is 127. The van der Waals surface area contributed by atoms with Crippen molar-refractivity contribution < 1.29 is 24.5 Å². The minimum absolute atomic E-state index is 0.817. The second kappa shape index (κ2) is 8.19. The molecular weight excluding hydrogens is 386 g/mol. The van der Waals surface area contributed by atoms with Crippen LogP contribution in [0.1, 0.15) is 60.3 Å². The molecule has 0 heterocycles. The number of alkyl carbamates (subject to hydrolysis) is 1. The molecule has 0 aliphatic rings. The Kier molecular flexibility index (Phi) is 5.50. The van der Waals surface area contributed by atoms with Crippen LogP contribution in [0, 0.1) is 5.89 Å². The van der Waals surface area contributed by atoms with Crippen LogP contribution in [0.15, 0.2) is 0 Å². The number of hydrogen-bond acceptors (Lipinski definition) is 4. The van der Waals surface area contributed by atoms with Crippen LogP contribution >= 0.6 is 22.6 Å². The van der Waals surface area contributed by atoms with Crippen LogP contribution in [0.3, 0.4) is 0 Å². The number of carbonyl (C=O) groups is 2. The van der Waals surface area contributed by atoms with Crippen molar-refractivity contribution in [1.82, 2.24) is 5.32 Å². The molecule has 0 aromatic rings. The van der Waals surface area contributed by atoms with Crippen molar-refractivity contribution in [2.75, 3.05) is 4.38 Å². The van der Waals surface area contributed by atoms with E-state index in [2.05, 4.69) is 5.32 Å². The molecule has 0 aromatic heterocycles. The Labute approximate surface area is 147 Å². The van der Waals surface area contributed by atoms with Gasteiger partial charge in [-0.05, 0) is 53.8 Å². The number of rotatable bonds is 5. The second-order valence-corrected chi connectivity index (χ2v) is 7.14. The molecule has 0 rings (SSSR count). The highest BCUT2D eigenvalue weighted by Gasteiger charge is 2.29. The smallest absolute Gasteiger partial charge is 0.408 e. The first kappa shape index (κ1) is 14.1. The lowest BCUT2D eigenvalue weighted by Crippen LogP contribution is -2.46. The minimum atomic E-state index is -2.12. The monoisotopic (exact) mass is 418 g/mol. The summed E-state index contributed by atoms with van der Waals surface area (Å²) in [4.78, 5) is 24.5. The molecular formula is C15H28INO4. The Morgan fingerprint density at radius 3 is 2.05 bits per heavy atom. The van der Waals surface area contributed by atoms with Gasteiger partial charge in [-0.3, -0.25) is 0 Å². The van der Waals surface area contributed by atoms with Gasteiger partial charge in [0.15, 0.2) is 0 Å². The molecule has 0 saturated heterocycles. The maximum Gasteiger partial charge on any atom is 0.408 e. The zero-order valence-electron chi connectivity index (χ0n) is 17.7. The Hall–Kier alpha value is -0.530. The van der Waals surface area contributed by atoms with Gasteiger partial charge in [0.2, 0.25) is 0 Å². The van der Waals surface area contributed by atoms with Crippen LogP contribution < -0.4 is 5.32 Å². The van der Waals surface area contributed by atoms with Gasteiger partial charge < -0.3 is 14.8 Å². The van der Waals surface area contributed by atoms with E-state index in [1.165, 1.54) is 29.5 Å². The Balaban J connectivity index is 5.61. The van der Waals surface area contributed by atoms with Crippen LogP contribution in [-0.4, -0.2) is 33.7 Å². The summed E-state index contributed by atoms with van der Waals surface area (Å²) >= 11 is 1.41. The normalized spacial score (nSPS) is 21.5. The summed E-state index contributed by atoms with van der Waals surface area (Å²) in [5.74, 6) is -2.91. The third-order valence-electron chi connectivity index (χ3n) is 1.90. The Morgan fingerprint density at radius 2 is 1.67 bits per heavy atom. The summed E-state index contributed by atoms with van der Waals surface area (Å²) in [6.45, 7) is 11.0. The van der Waals surface area contributed by atoms with E-state index in [-0.39, 0.29) is 0 Å². The molecule has 0 saturated carbocycles. The average molecular weight is 418 g/mol. The van der Waals surface area contributed by atoms with E-state index in [0.717, 1.165) is 0 Å². The fraction of sp³-hybridized carbons (Fsp3) is 0.867. The fourth-order valence-corrected chi connectivity index (χ4v) is 1.43. The molecule has 0 bridgehead atoms. The van der Waals surface area contributed by atoms with Crippen LogP contribution in [0.25, 0.3) is 0 Å². The molecule has 1 N–H and O–H groups in total. The first-order valence-corrected chi connectivity index (χ1v) is 7.69. The van der Waals surface area contributed by atoms with Gasteiger partial charge in [0.05, 0.1) is 0 Å². The molecule has 21 heavy (non-hydrogen) atoms. The summed E-state index contributed by atoms with van der Waals surface area (Å²) < 4.78 is 40.2. The molecule has 6 heteroatoms. The van der Waals surface area contributed by atoms with Crippen LogP contribution in [0.5, 0.6) is 0 Å². The molecule has 0 spiro atoms. The topological polar surface area (TPSA) is 64.6 Å². The number of nitrogens with one attached hydrogen (secondary N) is 1. The third-order valence-corrected chi connectivity index (χ3v) is 2.75. The SMILES string of the molecule is [2H][C@@H]([C@@H](NC(=O)OC(C)(C)C)C(=O)OC(C)(C)C)[C@@]([2H])([13CH3])C([2H])([2H])I. The third kappa shape index (κ3) is 10.8. The predicted molar refractivity (Wildman–Crippen MR) is 91.7 cm³/mol. The average Bonchev–Trinajstić information content (AvgIpc) is 2.28. The molecule has 0 unspecified atom stereocenters. The molecule has 0 fully saturated rings. The lowest BCUT2D eigenvalue weighted by atomic mass is 10.1. The second-order valence-electron chi connectivity index (χ2n) is 6.60. The number of esters is 1. The highest BCUT2D eigenvalue weighted by molar-refractivity contribution is 14.1. The van der Waals surface area contributed by atoms with Gasteiger partial charge in [-0.2, -0.15) is 0 Å². The van der Waals surface area contributed by atoms with Gasteiger partial charge in [0, 0.05) is 9.86 Å². The number of carbonyl (C=O) groups excluding carboxylic acids is 2. The predicted octanol–water partition coefficient (Wildman–Crippen LogP) is 3.68. The summed E-state index contributed by atoms with van der Waals surface area (Å²) in [5, 5.41) is 2.26. The highest BCUT2D eigenvalue weighted by Crippen LogP contribution is 2.15. The molecule has 0 aliphatic heterocycles. The van der Waals surface area contributed by atoms with Crippen LogP contribution in [-0.2, 0) is 14.3 Å². The maximum atomic E-state index is 12.5. The van der Waals surface area contributed by atoms with E-state index in [1.54, 1.807) is 41.5 Å². The van der Waals surface area contributed by atoms with E-state index >= 15 is 0 Å². The molecule has 0 aromatic carbocycles. The molecule has 0 aliphatic carbocycles. The maximum absolute atomic E-state index is 12.5. The van der Waals surface area contributed by atoms with E-state index < -0.39 is 46.0 Å². The van der Waals surface area contributed by atoms with Gasteiger partial charge in [-0.25, -0.2) is 9.59 Å². The first-order valence-electron chi connectivity index (χ1n) is 8.69. The van der Waals surface area contributed by atoms with Gasteiger partial charge in [0.25, 0.3) is 0 Å². The molecule has 3 atom stereocenters. The minimum Gasteiger partial charge on any atom is -0.458 e. The van der Waals surface area contributed by atoms with Crippen LogP contribution in [0.4, 0.5) is 4.79 Å². The van der Waals surface area contributed by atoms with Crippen molar-refractivity contribution in [1.29, 1.82) is 0 Å². The lowest BCUT2D eigenvalue weighted by Gasteiger charge is -2.27. The molecule has 0 radical (unpaired) electrons. The van der Waals surface area contributed by atoms with Crippen molar-refractivity contribution in [3.8, 4) is 0 Å². The van der Waals surface area contributed by atoms with Crippen molar-refractivity contribution in [3.05, 3.63) is 0 Å². The van der Waals surface area contributed by atoms with Crippen LogP contribution in [0.2, 0.25) is 0 Å². The van der Waals surface area contributed by atoms with Gasteiger partial charge >= 0.3 is 12.1 Å². The van der Waals surface area contributed by atoms with Crippen molar-refractivity contribution in [3.63, 3.8) is 0 Å². The number of alkyl halides is 1. The van der Waals surface area contributed by atoms with E-state index in [1.807, 2.05) is 0 Å². The van der Waals surface area contributed by atoms with Crippen molar-refractivity contribution in [2.45, 2.75) is 72.1 Å². The number of halogens is 1. The van der Waals surface area contributed by atoms with Crippen molar-refractivity contribution in [2.24, 2.45) is 5.89 Å². The zero-order chi connectivity index (χ0) is 20.4. The number of amides is 1. The Bertz CT molecular complexity index is 495. The largest absolute Gasteiger partial charge is 0.458 e. The molecule has 1 amide bonds. The molecule has 5 nitrogen and oxygen atoms in total.